The second-order valence-corrected chi connectivity index (χ2v) is 6.19. The Morgan fingerprint density at radius 1 is 1.05 bits per heavy atom. The van der Waals surface area contributed by atoms with Gasteiger partial charge in [0.2, 0.25) is 0 Å². The van der Waals surface area contributed by atoms with Gasteiger partial charge in [-0.2, -0.15) is 0 Å². The van der Waals surface area contributed by atoms with E-state index in [9.17, 15) is 5.11 Å². The highest BCUT2D eigenvalue weighted by Crippen LogP contribution is 2.25. The fraction of sp³-hybridized carbons (Fsp3) is 0.294. The molecule has 0 saturated carbocycles. The largest absolute Gasteiger partial charge is 0.508 e. The predicted octanol–water partition coefficient (Wildman–Crippen LogP) is 4.18. The zero-order valence-electron chi connectivity index (χ0n) is 12.0. The highest BCUT2D eigenvalue weighted by Gasteiger charge is 2.00. The molecule has 2 rings (SSSR count). The molecule has 0 aliphatic carbocycles. The number of benzene rings is 2. The maximum Gasteiger partial charge on any atom is 0.115 e. The lowest BCUT2D eigenvalue weighted by molar-refractivity contribution is 0.475. The van der Waals surface area contributed by atoms with Gasteiger partial charge in [0.25, 0.3) is 0 Å². The van der Waals surface area contributed by atoms with E-state index in [-0.39, 0.29) is 0 Å². The lowest BCUT2D eigenvalue weighted by Gasteiger charge is -2.09. The monoisotopic (exact) mass is 287 g/mol. The van der Waals surface area contributed by atoms with E-state index in [1.165, 1.54) is 10.5 Å². The van der Waals surface area contributed by atoms with Crippen molar-refractivity contribution in [2.75, 3.05) is 0 Å². The lowest BCUT2D eigenvalue weighted by Crippen LogP contribution is -2.21. The molecule has 2 N–H and O–H groups in total. The molecule has 0 aromatic heterocycles. The number of rotatable bonds is 6. The molecule has 0 amide bonds. The molecule has 3 heteroatoms. The average Bonchev–Trinajstić information content (AvgIpc) is 2.43. The minimum Gasteiger partial charge on any atom is -0.508 e. The van der Waals surface area contributed by atoms with Crippen molar-refractivity contribution in [1.29, 1.82) is 0 Å². The molecule has 0 heterocycles. The maximum absolute atomic E-state index is 9.46. The van der Waals surface area contributed by atoms with Crippen molar-refractivity contribution in [3.05, 3.63) is 59.7 Å². The van der Waals surface area contributed by atoms with Gasteiger partial charge in [-0.15, -0.1) is 11.8 Å². The molecule has 2 aromatic carbocycles. The molecule has 2 aromatic rings. The van der Waals surface area contributed by atoms with E-state index >= 15 is 0 Å². The number of phenolic OH excluding ortho intramolecular Hbond substituents is 1. The van der Waals surface area contributed by atoms with Crippen LogP contribution in [0.5, 0.6) is 5.75 Å². The predicted molar refractivity (Wildman–Crippen MR) is 86.1 cm³/mol. The van der Waals surface area contributed by atoms with Crippen LogP contribution in [0, 0.1) is 0 Å². The van der Waals surface area contributed by atoms with Gasteiger partial charge in [-0.1, -0.05) is 38.1 Å². The first-order chi connectivity index (χ1) is 9.63. The van der Waals surface area contributed by atoms with Crippen LogP contribution >= 0.6 is 11.8 Å². The molecule has 106 valence electrons. The Kier molecular flexibility index (Phi) is 5.50. The van der Waals surface area contributed by atoms with Gasteiger partial charge in [0, 0.05) is 23.2 Å². The van der Waals surface area contributed by atoms with Crippen molar-refractivity contribution in [3.8, 4) is 5.75 Å². The smallest absolute Gasteiger partial charge is 0.115 e. The third-order valence-electron chi connectivity index (χ3n) is 2.93. The summed E-state index contributed by atoms with van der Waals surface area (Å²) in [5.74, 6) is 1.20. The van der Waals surface area contributed by atoms with Gasteiger partial charge < -0.3 is 10.4 Å². The second kappa shape index (κ2) is 7.36. The van der Waals surface area contributed by atoms with Gasteiger partial charge in [-0.3, -0.25) is 0 Å². The Bertz CT molecular complexity index is 554. The molecular formula is C17H21NOS. The Morgan fingerprint density at radius 2 is 1.80 bits per heavy atom. The molecule has 0 fully saturated rings. The van der Waals surface area contributed by atoms with Gasteiger partial charge >= 0.3 is 0 Å². The fourth-order valence-electron chi connectivity index (χ4n) is 1.88. The van der Waals surface area contributed by atoms with Crippen molar-refractivity contribution in [3.63, 3.8) is 0 Å². The first kappa shape index (κ1) is 14.9. The topological polar surface area (TPSA) is 32.3 Å². The summed E-state index contributed by atoms with van der Waals surface area (Å²) in [6.07, 6.45) is 0. The van der Waals surface area contributed by atoms with E-state index in [1.807, 2.05) is 18.2 Å². The molecule has 20 heavy (non-hydrogen) atoms. The normalized spacial score (nSPS) is 10.9. The van der Waals surface area contributed by atoms with Crippen molar-refractivity contribution < 1.29 is 5.11 Å². The summed E-state index contributed by atoms with van der Waals surface area (Å²) in [4.78, 5) is 1.26. The van der Waals surface area contributed by atoms with E-state index in [0.717, 1.165) is 17.9 Å². The van der Waals surface area contributed by atoms with Crippen molar-refractivity contribution in [2.24, 2.45) is 0 Å². The van der Waals surface area contributed by atoms with Crippen LogP contribution in [0.3, 0.4) is 0 Å². The third kappa shape index (κ3) is 4.91. The zero-order valence-corrected chi connectivity index (χ0v) is 12.8. The first-order valence-electron chi connectivity index (χ1n) is 6.86. The summed E-state index contributed by atoms with van der Waals surface area (Å²) in [6.45, 7) is 5.21. The SMILES string of the molecule is CC(C)NCc1cccc(SCc2cccc(O)c2)c1. The minimum atomic E-state index is 0.331. The van der Waals surface area contributed by atoms with Gasteiger partial charge in [0.05, 0.1) is 0 Å². The molecule has 0 unspecified atom stereocenters. The number of hydrogen-bond donors (Lipinski definition) is 2. The molecule has 0 aliphatic rings. The Balaban J connectivity index is 1.94. The van der Waals surface area contributed by atoms with Gasteiger partial charge in [0.1, 0.15) is 5.75 Å². The van der Waals surface area contributed by atoms with E-state index in [4.69, 9.17) is 0 Å². The molecule has 2 nitrogen and oxygen atoms in total. The van der Waals surface area contributed by atoms with E-state index in [0.29, 0.717) is 11.8 Å². The number of aromatic hydroxyl groups is 1. The lowest BCUT2D eigenvalue weighted by atomic mass is 10.2. The van der Waals surface area contributed by atoms with Crippen molar-refractivity contribution in [1.82, 2.24) is 5.32 Å². The summed E-state index contributed by atoms with van der Waals surface area (Å²) in [5, 5.41) is 12.9. The summed E-state index contributed by atoms with van der Waals surface area (Å²) in [7, 11) is 0. The van der Waals surface area contributed by atoms with Crippen LogP contribution in [0.1, 0.15) is 25.0 Å². The first-order valence-corrected chi connectivity index (χ1v) is 7.85. The van der Waals surface area contributed by atoms with Crippen LogP contribution in [-0.2, 0) is 12.3 Å². The molecule has 0 radical (unpaired) electrons. The Labute approximate surface area is 125 Å². The molecule has 0 atom stereocenters. The van der Waals surface area contributed by atoms with Crippen LogP contribution in [0.4, 0.5) is 0 Å². The average molecular weight is 287 g/mol. The van der Waals surface area contributed by atoms with Crippen LogP contribution in [0.2, 0.25) is 0 Å². The van der Waals surface area contributed by atoms with Gasteiger partial charge in [-0.25, -0.2) is 0 Å². The number of hydrogen-bond acceptors (Lipinski definition) is 3. The summed E-state index contributed by atoms with van der Waals surface area (Å²) < 4.78 is 0. The molecule has 0 bridgehead atoms. The highest BCUT2D eigenvalue weighted by atomic mass is 32.2. The summed E-state index contributed by atoms with van der Waals surface area (Å²) >= 11 is 1.79. The fourth-order valence-corrected chi connectivity index (χ4v) is 2.80. The third-order valence-corrected chi connectivity index (χ3v) is 3.99. The van der Waals surface area contributed by atoms with Crippen molar-refractivity contribution >= 4 is 11.8 Å². The Hall–Kier alpha value is -1.45. The second-order valence-electron chi connectivity index (χ2n) is 5.14. The van der Waals surface area contributed by atoms with E-state index in [2.05, 4.69) is 43.4 Å². The summed E-state index contributed by atoms with van der Waals surface area (Å²) in [5.41, 5.74) is 2.44. The minimum absolute atomic E-state index is 0.331. The quantitative estimate of drug-likeness (QED) is 0.782. The molecule has 0 saturated heterocycles. The standard InChI is InChI=1S/C17H21NOS/c1-13(2)18-11-14-5-4-8-17(10-14)20-12-15-6-3-7-16(19)9-15/h3-10,13,18-19H,11-12H2,1-2H3. The van der Waals surface area contributed by atoms with Crippen LogP contribution < -0.4 is 5.32 Å². The van der Waals surface area contributed by atoms with Crippen LogP contribution in [0.25, 0.3) is 0 Å². The van der Waals surface area contributed by atoms with Crippen LogP contribution in [0.15, 0.2) is 53.4 Å². The van der Waals surface area contributed by atoms with Crippen LogP contribution in [-0.4, -0.2) is 11.1 Å². The van der Waals surface area contributed by atoms with Crippen molar-refractivity contribution in [2.45, 2.75) is 37.1 Å². The number of thioether (sulfide) groups is 1. The van der Waals surface area contributed by atoms with Gasteiger partial charge in [-0.05, 0) is 35.4 Å². The molecular weight excluding hydrogens is 266 g/mol. The van der Waals surface area contributed by atoms with E-state index < -0.39 is 0 Å². The Morgan fingerprint density at radius 3 is 2.55 bits per heavy atom. The molecule has 0 aliphatic heterocycles. The maximum atomic E-state index is 9.46. The highest BCUT2D eigenvalue weighted by molar-refractivity contribution is 7.98. The van der Waals surface area contributed by atoms with Gasteiger partial charge in [0.15, 0.2) is 0 Å². The zero-order chi connectivity index (χ0) is 14.4. The summed E-state index contributed by atoms with van der Waals surface area (Å²) in [6, 6.07) is 16.5. The number of phenols is 1. The number of nitrogens with one attached hydrogen (secondary N) is 1. The van der Waals surface area contributed by atoms with E-state index in [1.54, 1.807) is 17.8 Å². The molecule has 0 spiro atoms.